The molecule has 1 aliphatic carbocycles. The molecule has 0 radical (unpaired) electrons. The van der Waals surface area contributed by atoms with Gasteiger partial charge in [0, 0.05) is 23.7 Å². The Morgan fingerprint density at radius 3 is 2.72 bits per heavy atom. The van der Waals surface area contributed by atoms with E-state index in [1.165, 1.54) is 18.6 Å². The molecule has 0 bridgehead atoms. The molecule has 1 amide bonds. The number of amidine groups is 1. The van der Waals surface area contributed by atoms with Crippen LogP contribution in [0.1, 0.15) is 35.5 Å². The summed E-state index contributed by atoms with van der Waals surface area (Å²) in [5, 5.41) is 3.62. The van der Waals surface area contributed by atoms with Crippen LogP contribution >= 0.6 is 0 Å². The van der Waals surface area contributed by atoms with Crippen molar-refractivity contribution in [1.82, 2.24) is 19.7 Å². The number of alkyl halides is 3. The van der Waals surface area contributed by atoms with Crippen molar-refractivity contribution < 1.29 is 18.0 Å². The number of halogens is 3. The first-order valence-corrected chi connectivity index (χ1v) is 7.65. The van der Waals surface area contributed by atoms with Crippen molar-refractivity contribution in [3.05, 3.63) is 41.2 Å². The molecule has 1 aliphatic rings. The quantitative estimate of drug-likeness (QED) is 0.667. The van der Waals surface area contributed by atoms with Crippen molar-refractivity contribution in [2.24, 2.45) is 10.7 Å². The highest BCUT2D eigenvalue weighted by Gasteiger charge is 2.39. The van der Waals surface area contributed by atoms with Gasteiger partial charge < -0.3 is 5.73 Å². The van der Waals surface area contributed by atoms with Crippen LogP contribution in [0.15, 0.2) is 23.6 Å². The van der Waals surface area contributed by atoms with E-state index in [1.54, 1.807) is 0 Å². The van der Waals surface area contributed by atoms with Gasteiger partial charge in [-0.2, -0.15) is 23.3 Å². The topological polar surface area (TPSA) is 99.0 Å². The molecule has 0 spiro atoms. The Hall–Kier alpha value is -2.78. The van der Waals surface area contributed by atoms with Crippen molar-refractivity contribution in [3.8, 4) is 0 Å². The van der Waals surface area contributed by atoms with E-state index in [1.807, 2.05) is 0 Å². The Labute approximate surface area is 140 Å². The van der Waals surface area contributed by atoms with Crippen LogP contribution in [0, 0.1) is 0 Å². The highest BCUT2D eigenvalue weighted by molar-refractivity contribution is 6.02. The van der Waals surface area contributed by atoms with Crippen LogP contribution in [0.25, 0.3) is 0 Å². The fraction of sp³-hybridized carbons (Fsp3) is 0.400. The van der Waals surface area contributed by atoms with Crippen LogP contribution in [0.2, 0.25) is 0 Å². The summed E-state index contributed by atoms with van der Waals surface area (Å²) < 4.78 is 40.5. The van der Waals surface area contributed by atoms with Gasteiger partial charge >= 0.3 is 6.18 Å². The lowest BCUT2D eigenvalue weighted by atomic mass is 9.95. The number of hydrogen-bond acceptors (Lipinski definition) is 4. The SMILES string of the molecule is NC(=NC(=O)Cn1nc(C(F)(F)F)c2c1CCCC2)c1cnccn1. The summed E-state index contributed by atoms with van der Waals surface area (Å²) in [4.78, 5) is 23.5. The molecule has 0 fully saturated rings. The highest BCUT2D eigenvalue weighted by atomic mass is 19.4. The van der Waals surface area contributed by atoms with E-state index >= 15 is 0 Å². The Kier molecular flexibility index (Phi) is 4.51. The molecule has 2 N–H and O–H groups in total. The first-order chi connectivity index (χ1) is 11.9. The van der Waals surface area contributed by atoms with E-state index in [2.05, 4.69) is 20.1 Å². The molecular formula is C15H15F3N6O. The van der Waals surface area contributed by atoms with E-state index in [9.17, 15) is 18.0 Å². The number of hydrogen-bond donors (Lipinski definition) is 1. The minimum Gasteiger partial charge on any atom is -0.382 e. The maximum absolute atomic E-state index is 13.1. The van der Waals surface area contributed by atoms with Crippen LogP contribution in [0.5, 0.6) is 0 Å². The molecule has 0 aliphatic heterocycles. The molecular weight excluding hydrogens is 337 g/mol. The molecule has 2 aromatic heterocycles. The minimum absolute atomic E-state index is 0.143. The van der Waals surface area contributed by atoms with Gasteiger partial charge in [0.25, 0.3) is 5.91 Å². The number of aromatic nitrogens is 4. The third kappa shape index (κ3) is 3.67. The van der Waals surface area contributed by atoms with Gasteiger partial charge in [-0.05, 0) is 25.7 Å². The molecule has 3 rings (SSSR count). The lowest BCUT2D eigenvalue weighted by Crippen LogP contribution is -2.20. The molecule has 0 saturated carbocycles. The van der Waals surface area contributed by atoms with Crippen LogP contribution in [0.3, 0.4) is 0 Å². The number of rotatable bonds is 3. The molecule has 132 valence electrons. The third-order valence-corrected chi connectivity index (χ3v) is 3.88. The van der Waals surface area contributed by atoms with Gasteiger partial charge in [0.2, 0.25) is 0 Å². The normalized spacial score (nSPS) is 15.1. The van der Waals surface area contributed by atoms with Crippen LogP contribution < -0.4 is 5.73 Å². The zero-order chi connectivity index (χ0) is 18.0. The second-order valence-corrected chi connectivity index (χ2v) is 5.62. The number of carbonyl (C=O) groups is 1. The monoisotopic (exact) mass is 352 g/mol. The van der Waals surface area contributed by atoms with Gasteiger partial charge in [-0.15, -0.1) is 0 Å². The number of fused-ring (bicyclic) bond motifs is 1. The molecule has 0 unspecified atom stereocenters. The van der Waals surface area contributed by atoms with Crippen molar-refractivity contribution >= 4 is 11.7 Å². The molecule has 0 atom stereocenters. The summed E-state index contributed by atoms with van der Waals surface area (Å²) in [6, 6.07) is 0. The fourth-order valence-electron chi connectivity index (χ4n) is 2.82. The summed E-state index contributed by atoms with van der Waals surface area (Å²) in [7, 11) is 0. The summed E-state index contributed by atoms with van der Waals surface area (Å²) in [6.07, 6.45) is 1.82. The molecule has 2 aromatic rings. The van der Waals surface area contributed by atoms with E-state index < -0.39 is 24.3 Å². The maximum Gasteiger partial charge on any atom is 0.435 e. The lowest BCUT2D eigenvalue weighted by molar-refractivity contribution is -0.142. The predicted octanol–water partition coefficient (Wildman–Crippen LogP) is 1.50. The van der Waals surface area contributed by atoms with Crippen LogP contribution in [0.4, 0.5) is 13.2 Å². The van der Waals surface area contributed by atoms with Crippen molar-refractivity contribution in [2.75, 3.05) is 0 Å². The van der Waals surface area contributed by atoms with Gasteiger partial charge in [-0.3, -0.25) is 14.5 Å². The predicted molar refractivity (Wildman–Crippen MR) is 81.6 cm³/mol. The average Bonchev–Trinajstić information content (AvgIpc) is 2.94. The van der Waals surface area contributed by atoms with E-state index in [4.69, 9.17) is 5.73 Å². The first-order valence-electron chi connectivity index (χ1n) is 7.65. The number of nitrogens with two attached hydrogens (primary N) is 1. The molecule has 2 heterocycles. The Balaban J connectivity index is 1.86. The van der Waals surface area contributed by atoms with Crippen molar-refractivity contribution in [3.63, 3.8) is 0 Å². The van der Waals surface area contributed by atoms with Gasteiger partial charge in [0.1, 0.15) is 12.2 Å². The number of amides is 1. The van der Waals surface area contributed by atoms with E-state index in [0.29, 0.717) is 25.0 Å². The largest absolute Gasteiger partial charge is 0.435 e. The summed E-state index contributed by atoms with van der Waals surface area (Å²) in [5.74, 6) is -0.845. The zero-order valence-corrected chi connectivity index (χ0v) is 13.1. The van der Waals surface area contributed by atoms with Gasteiger partial charge in [0.05, 0.1) is 6.20 Å². The van der Waals surface area contributed by atoms with Crippen LogP contribution in [-0.2, 0) is 30.4 Å². The number of aliphatic imine (C=N–C) groups is 1. The fourth-order valence-corrected chi connectivity index (χ4v) is 2.82. The van der Waals surface area contributed by atoms with Gasteiger partial charge in [0.15, 0.2) is 11.5 Å². The Bertz CT molecular complexity index is 813. The third-order valence-electron chi connectivity index (χ3n) is 3.88. The summed E-state index contributed by atoms with van der Waals surface area (Å²) >= 11 is 0. The summed E-state index contributed by atoms with van der Waals surface area (Å²) in [6.45, 7) is -0.403. The molecule has 7 nitrogen and oxygen atoms in total. The Morgan fingerprint density at radius 2 is 2.04 bits per heavy atom. The smallest absolute Gasteiger partial charge is 0.382 e. The Morgan fingerprint density at radius 1 is 1.28 bits per heavy atom. The number of carbonyl (C=O) groups excluding carboxylic acids is 1. The maximum atomic E-state index is 13.1. The highest BCUT2D eigenvalue weighted by Crippen LogP contribution is 2.35. The van der Waals surface area contributed by atoms with Crippen LogP contribution in [-0.4, -0.2) is 31.5 Å². The first kappa shape index (κ1) is 17.1. The van der Waals surface area contributed by atoms with Crippen molar-refractivity contribution in [1.29, 1.82) is 0 Å². The van der Waals surface area contributed by atoms with Gasteiger partial charge in [-0.25, -0.2) is 4.98 Å². The second kappa shape index (κ2) is 6.61. The number of nitrogens with zero attached hydrogens (tertiary/aromatic N) is 5. The molecule has 0 aromatic carbocycles. The molecule has 10 heteroatoms. The van der Waals surface area contributed by atoms with Crippen molar-refractivity contribution in [2.45, 2.75) is 38.4 Å². The molecule has 25 heavy (non-hydrogen) atoms. The second-order valence-electron chi connectivity index (χ2n) is 5.62. The zero-order valence-electron chi connectivity index (χ0n) is 13.1. The minimum atomic E-state index is -4.54. The van der Waals surface area contributed by atoms with Gasteiger partial charge in [-0.1, -0.05) is 0 Å². The standard InChI is InChI=1S/C15H15F3N6O/c16-15(17,18)13-9-3-1-2-4-11(9)24(23-13)8-12(25)22-14(19)10-7-20-5-6-21-10/h5-7H,1-4,8H2,(H2,19,22,25). The van der Waals surface area contributed by atoms with E-state index in [-0.39, 0.29) is 17.1 Å². The molecule has 0 saturated heterocycles. The lowest BCUT2D eigenvalue weighted by Gasteiger charge is -2.14. The average molecular weight is 352 g/mol. The van der Waals surface area contributed by atoms with E-state index in [0.717, 1.165) is 11.1 Å². The summed E-state index contributed by atoms with van der Waals surface area (Å²) in [5.41, 5.74) is 5.60.